The molecule has 1 heterocycles. The maximum atomic E-state index is 10.6. The van der Waals surface area contributed by atoms with E-state index >= 15 is 0 Å². The van der Waals surface area contributed by atoms with Gasteiger partial charge in [-0.1, -0.05) is 0 Å². The van der Waals surface area contributed by atoms with E-state index in [0.29, 0.717) is 13.0 Å². The van der Waals surface area contributed by atoms with Gasteiger partial charge in [-0.15, -0.1) is 0 Å². The summed E-state index contributed by atoms with van der Waals surface area (Å²) in [6, 6.07) is 0. The topological polar surface area (TPSA) is 35.5 Å². The van der Waals surface area contributed by atoms with Crippen LogP contribution >= 0.6 is 0 Å². The number of hydrogen-bond donors (Lipinski definition) is 0. The zero-order valence-corrected chi connectivity index (χ0v) is 6.13. The Morgan fingerprint density at radius 2 is 2.60 bits per heavy atom. The third kappa shape index (κ3) is 1.99. The molecule has 3 nitrogen and oxygen atoms in total. The van der Waals surface area contributed by atoms with E-state index in [1.54, 1.807) is 0 Å². The lowest BCUT2D eigenvalue weighted by molar-refractivity contribution is -0.187. The number of rotatable bonds is 2. The Labute approximate surface area is 60.3 Å². The Morgan fingerprint density at radius 3 is 3.20 bits per heavy atom. The smallest absolute Gasteiger partial charge is 0.308 e. The number of hydrogen-bond acceptors (Lipinski definition) is 3. The lowest BCUT2D eigenvalue weighted by Crippen LogP contribution is -2.25. The Morgan fingerprint density at radius 1 is 1.80 bits per heavy atom. The molecule has 1 fully saturated rings. The number of esters is 1. The first-order valence-electron chi connectivity index (χ1n) is 3.64. The Hall–Kier alpha value is -0.570. The van der Waals surface area contributed by atoms with Gasteiger partial charge in [0.2, 0.25) is 6.29 Å². The summed E-state index contributed by atoms with van der Waals surface area (Å²) in [4.78, 5) is 10.6. The van der Waals surface area contributed by atoms with Gasteiger partial charge in [0.05, 0.1) is 0 Å². The molecule has 0 aliphatic carbocycles. The third-order valence-corrected chi connectivity index (χ3v) is 1.44. The highest BCUT2D eigenvalue weighted by Gasteiger charge is 2.19. The van der Waals surface area contributed by atoms with Crippen molar-refractivity contribution < 1.29 is 14.3 Å². The van der Waals surface area contributed by atoms with Crippen LogP contribution < -0.4 is 0 Å². The van der Waals surface area contributed by atoms with Gasteiger partial charge in [-0.3, -0.25) is 4.79 Å². The normalized spacial score (nSPS) is 26.1. The zero-order chi connectivity index (χ0) is 7.40. The van der Waals surface area contributed by atoms with Gasteiger partial charge in [-0.05, 0) is 13.3 Å². The molecule has 1 unspecified atom stereocenters. The van der Waals surface area contributed by atoms with E-state index in [2.05, 4.69) is 0 Å². The minimum Gasteiger partial charge on any atom is -0.436 e. The maximum absolute atomic E-state index is 10.6. The van der Waals surface area contributed by atoms with Crippen molar-refractivity contribution in [2.24, 2.45) is 0 Å². The third-order valence-electron chi connectivity index (χ3n) is 1.44. The lowest BCUT2D eigenvalue weighted by atomic mass is 10.2. The second-order valence-corrected chi connectivity index (χ2v) is 2.27. The molecule has 1 aliphatic rings. The van der Waals surface area contributed by atoms with Crippen LogP contribution in [0.5, 0.6) is 0 Å². The summed E-state index contributed by atoms with van der Waals surface area (Å²) >= 11 is 0. The first-order valence-corrected chi connectivity index (χ1v) is 3.64. The molecule has 0 aromatic carbocycles. The van der Waals surface area contributed by atoms with E-state index in [1.165, 1.54) is 0 Å². The van der Waals surface area contributed by atoms with Crippen LogP contribution in [0.4, 0.5) is 0 Å². The molecule has 58 valence electrons. The summed E-state index contributed by atoms with van der Waals surface area (Å²) < 4.78 is 9.98. The molecule has 0 spiro atoms. The van der Waals surface area contributed by atoms with E-state index in [4.69, 9.17) is 9.47 Å². The standard InChI is InChI=1S/C7H12O3/c1-2-9-7-5-3-4-6(8)10-7/h7H,2-5H2,1H3. The Kier molecular flexibility index (Phi) is 2.68. The molecule has 0 amide bonds. The van der Waals surface area contributed by atoms with Crippen LogP contribution in [0.25, 0.3) is 0 Å². The first kappa shape index (κ1) is 7.54. The molecule has 1 aliphatic heterocycles. The van der Waals surface area contributed by atoms with Gasteiger partial charge in [-0.2, -0.15) is 0 Å². The molecule has 0 aromatic heterocycles. The average molecular weight is 144 g/mol. The van der Waals surface area contributed by atoms with Gasteiger partial charge in [0.25, 0.3) is 0 Å². The highest BCUT2D eigenvalue weighted by Crippen LogP contribution is 2.14. The second-order valence-electron chi connectivity index (χ2n) is 2.27. The van der Waals surface area contributed by atoms with Crippen molar-refractivity contribution in [1.29, 1.82) is 0 Å². The summed E-state index contributed by atoms with van der Waals surface area (Å²) in [5.41, 5.74) is 0. The number of carbonyl (C=O) groups is 1. The van der Waals surface area contributed by atoms with Crippen LogP contribution in [0.1, 0.15) is 26.2 Å². The van der Waals surface area contributed by atoms with Crippen LogP contribution in [0.3, 0.4) is 0 Å². The van der Waals surface area contributed by atoms with Crippen molar-refractivity contribution in [2.75, 3.05) is 6.61 Å². The van der Waals surface area contributed by atoms with Crippen molar-refractivity contribution in [3.63, 3.8) is 0 Å². The summed E-state index contributed by atoms with van der Waals surface area (Å²) in [7, 11) is 0. The summed E-state index contributed by atoms with van der Waals surface area (Å²) in [6.07, 6.45) is 2.01. The fourth-order valence-electron chi connectivity index (χ4n) is 0.981. The molecule has 0 N–H and O–H groups in total. The highest BCUT2D eigenvalue weighted by molar-refractivity contribution is 5.69. The number of cyclic esters (lactones) is 1. The van der Waals surface area contributed by atoms with E-state index in [1.807, 2.05) is 6.92 Å². The van der Waals surface area contributed by atoms with Gasteiger partial charge < -0.3 is 9.47 Å². The first-order chi connectivity index (χ1) is 4.83. The monoisotopic (exact) mass is 144 g/mol. The van der Waals surface area contributed by atoms with Crippen LogP contribution in [0.2, 0.25) is 0 Å². The second kappa shape index (κ2) is 3.56. The molecule has 0 aromatic rings. The van der Waals surface area contributed by atoms with Gasteiger partial charge in [0.1, 0.15) is 0 Å². The Balaban J connectivity index is 2.25. The predicted octanol–water partition coefficient (Wildman–Crippen LogP) is 1.08. The molecule has 1 rings (SSSR count). The lowest BCUT2D eigenvalue weighted by Gasteiger charge is -2.21. The number of carbonyl (C=O) groups excluding carboxylic acids is 1. The van der Waals surface area contributed by atoms with E-state index in [0.717, 1.165) is 12.8 Å². The SMILES string of the molecule is CCOC1CCCC(=O)O1. The van der Waals surface area contributed by atoms with Gasteiger partial charge >= 0.3 is 5.97 Å². The molecule has 0 bridgehead atoms. The van der Waals surface area contributed by atoms with Gasteiger partial charge in [0, 0.05) is 19.4 Å². The van der Waals surface area contributed by atoms with Crippen LogP contribution in [0, 0.1) is 0 Å². The summed E-state index contributed by atoms with van der Waals surface area (Å²) in [6.45, 7) is 2.50. The summed E-state index contributed by atoms with van der Waals surface area (Å²) in [5.74, 6) is -0.135. The molecule has 1 saturated heterocycles. The van der Waals surface area contributed by atoms with E-state index < -0.39 is 0 Å². The van der Waals surface area contributed by atoms with Crippen LogP contribution in [-0.2, 0) is 14.3 Å². The van der Waals surface area contributed by atoms with Crippen LogP contribution in [0.15, 0.2) is 0 Å². The molecular formula is C7H12O3. The summed E-state index contributed by atoms with van der Waals surface area (Å²) in [5, 5.41) is 0. The Bertz CT molecular complexity index is 120. The number of ether oxygens (including phenoxy) is 2. The largest absolute Gasteiger partial charge is 0.436 e. The molecule has 0 radical (unpaired) electrons. The van der Waals surface area contributed by atoms with E-state index in [9.17, 15) is 4.79 Å². The maximum Gasteiger partial charge on any atom is 0.308 e. The quantitative estimate of drug-likeness (QED) is 0.544. The molecular weight excluding hydrogens is 132 g/mol. The average Bonchev–Trinajstić information content (AvgIpc) is 1.88. The molecule has 0 saturated carbocycles. The predicted molar refractivity (Wildman–Crippen MR) is 35.4 cm³/mol. The van der Waals surface area contributed by atoms with Crippen molar-refractivity contribution in [3.05, 3.63) is 0 Å². The highest BCUT2D eigenvalue weighted by atomic mass is 16.7. The van der Waals surface area contributed by atoms with Crippen molar-refractivity contribution in [1.82, 2.24) is 0 Å². The fraction of sp³-hybridized carbons (Fsp3) is 0.857. The minimum absolute atomic E-state index is 0.135. The zero-order valence-electron chi connectivity index (χ0n) is 6.13. The van der Waals surface area contributed by atoms with Crippen molar-refractivity contribution in [2.45, 2.75) is 32.5 Å². The molecule has 10 heavy (non-hydrogen) atoms. The van der Waals surface area contributed by atoms with Gasteiger partial charge in [0.15, 0.2) is 0 Å². The van der Waals surface area contributed by atoms with Crippen LogP contribution in [-0.4, -0.2) is 18.9 Å². The fourth-order valence-corrected chi connectivity index (χ4v) is 0.981. The van der Waals surface area contributed by atoms with Crippen molar-refractivity contribution >= 4 is 5.97 Å². The molecule has 1 atom stereocenters. The van der Waals surface area contributed by atoms with Crippen molar-refractivity contribution in [3.8, 4) is 0 Å². The molecule has 3 heteroatoms. The van der Waals surface area contributed by atoms with E-state index in [-0.39, 0.29) is 12.3 Å². The minimum atomic E-state index is -0.272. The van der Waals surface area contributed by atoms with Gasteiger partial charge in [-0.25, -0.2) is 0 Å².